The molecule has 0 amide bonds. The second-order valence-corrected chi connectivity index (χ2v) is 6.58. The van der Waals surface area contributed by atoms with Crippen LogP contribution in [-0.4, -0.2) is 17.2 Å². The summed E-state index contributed by atoms with van der Waals surface area (Å²) in [7, 11) is 0. The van der Waals surface area contributed by atoms with Gasteiger partial charge < -0.3 is 14.3 Å². The summed E-state index contributed by atoms with van der Waals surface area (Å²) >= 11 is 12.3. The van der Waals surface area contributed by atoms with Crippen molar-refractivity contribution in [2.24, 2.45) is 0 Å². The van der Waals surface area contributed by atoms with Gasteiger partial charge in [-0.3, -0.25) is 4.79 Å². The first kappa shape index (κ1) is 18.3. The topological polar surface area (TPSA) is 76.7 Å². The molecule has 1 atom stereocenters. The summed E-state index contributed by atoms with van der Waals surface area (Å²) < 4.78 is 11.3. The Hall–Kier alpha value is -2.50. The average molecular weight is 393 g/mol. The fraction of sp³-hybridized carbons (Fsp3) is 0.158. The molecule has 0 saturated carbocycles. The van der Waals surface area contributed by atoms with Crippen molar-refractivity contribution in [1.29, 1.82) is 0 Å². The van der Waals surface area contributed by atoms with Gasteiger partial charge in [0, 0.05) is 10.6 Å². The maximum atomic E-state index is 13.0. The molecule has 0 aliphatic heterocycles. The average Bonchev–Trinajstić information content (AvgIpc) is 2.59. The Morgan fingerprint density at radius 1 is 1.19 bits per heavy atom. The third kappa shape index (κ3) is 3.28. The van der Waals surface area contributed by atoms with Crippen LogP contribution in [-0.2, 0) is 4.79 Å². The predicted molar refractivity (Wildman–Crippen MR) is 100 cm³/mol. The summed E-state index contributed by atoms with van der Waals surface area (Å²) in [5.74, 6) is -1.36. The van der Waals surface area contributed by atoms with Gasteiger partial charge in [-0.2, -0.15) is 0 Å². The molecule has 0 radical (unpaired) electrons. The molecular weight excluding hydrogens is 379 g/mol. The number of carboxylic acids is 1. The van der Waals surface area contributed by atoms with Crippen LogP contribution in [0.1, 0.15) is 12.5 Å². The van der Waals surface area contributed by atoms with Crippen molar-refractivity contribution in [1.82, 2.24) is 0 Å². The van der Waals surface area contributed by atoms with Crippen LogP contribution < -0.4 is 10.2 Å². The molecule has 3 aromatic rings. The Morgan fingerprint density at radius 2 is 1.88 bits per heavy atom. The van der Waals surface area contributed by atoms with Crippen LogP contribution >= 0.6 is 23.2 Å². The molecule has 3 rings (SSSR count). The largest absolute Gasteiger partial charge is 0.479 e. The van der Waals surface area contributed by atoms with Gasteiger partial charge in [0.15, 0.2) is 11.9 Å². The minimum Gasteiger partial charge on any atom is -0.479 e. The van der Waals surface area contributed by atoms with Crippen LogP contribution in [0.2, 0.25) is 10.0 Å². The van der Waals surface area contributed by atoms with E-state index in [9.17, 15) is 9.59 Å². The third-order valence-electron chi connectivity index (χ3n) is 3.89. The predicted octanol–water partition coefficient (Wildman–Crippen LogP) is 4.93. The fourth-order valence-electron chi connectivity index (χ4n) is 2.46. The van der Waals surface area contributed by atoms with Gasteiger partial charge >= 0.3 is 5.97 Å². The molecule has 1 aromatic heterocycles. The molecule has 7 heteroatoms. The monoisotopic (exact) mass is 392 g/mol. The van der Waals surface area contributed by atoms with Crippen molar-refractivity contribution in [2.75, 3.05) is 0 Å². The van der Waals surface area contributed by atoms with Gasteiger partial charge in [0.1, 0.15) is 5.58 Å². The fourth-order valence-corrected chi connectivity index (χ4v) is 2.84. The Kier molecular flexibility index (Phi) is 4.94. The van der Waals surface area contributed by atoms with Crippen molar-refractivity contribution in [3.05, 3.63) is 62.2 Å². The molecule has 0 aliphatic carbocycles. The second-order valence-electron chi connectivity index (χ2n) is 5.77. The lowest BCUT2D eigenvalue weighted by Gasteiger charge is -2.15. The van der Waals surface area contributed by atoms with Crippen LogP contribution in [0, 0.1) is 6.92 Å². The van der Waals surface area contributed by atoms with Gasteiger partial charge in [-0.15, -0.1) is 0 Å². The van der Waals surface area contributed by atoms with Gasteiger partial charge in [0.2, 0.25) is 11.2 Å². The van der Waals surface area contributed by atoms with Crippen LogP contribution in [0.4, 0.5) is 0 Å². The maximum absolute atomic E-state index is 13.0. The first-order valence-corrected chi connectivity index (χ1v) is 8.46. The van der Waals surface area contributed by atoms with Crippen molar-refractivity contribution in [3.8, 4) is 17.1 Å². The van der Waals surface area contributed by atoms with Crippen molar-refractivity contribution in [2.45, 2.75) is 20.0 Å². The lowest BCUT2D eigenvalue weighted by Crippen LogP contribution is -2.26. The summed E-state index contributed by atoms with van der Waals surface area (Å²) in [6, 6.07) is 9.88. The van der Waals surface area contributed by atoms with Gasteiger partial charge in [-0.05, 0) is 43.7 Å². The number of ether oxygens (including phenoxy) is 1. The van der Waals surface area contributed by atoms with Gasteiger partial charge in [0.25, 0.3) is 0 Å². The molecule has 134 valence electrons. The van der Waals surface area contributed by atoms with E-state index in [1.807, 2.05) is 0 Å². The molecule has 0 bridgehead atoms. The van der Waals surface area contributed by atoms with Crippen LogP contribution in [0.5, 0.6) is 5.75 Å². The normalized spacial score (nSPS) is 12.2. The zero-order valence-electron chi connectivity index (χ0n) is 13.9. The number of aryl methyl sites for hydroxylation is 1. The first-order chi connectivity index (χ1) is 12.3. The van der Waals surface area contributed by atoms with E-state index in [2.05, 4.69) is 0 Å². The van der Waals surface area contributed by atoms with E-state index >= 15 is 0 Å². The summed E-state index contributed by atoms with van der Waals surface area (Å²) in [4.78, 5) is 24.2. The molecule has 1 unspecified atom stereocenters. The zero-order valence-corrected chi connectivity index (χ0v) is 15.4. The van der Waals surface area contributed by atoms with Crippen LogP contribution in [0.25, 0.3) is 22.3 Å². The van der Waals surface area contributed by atoms with Gasteiger partial charge in [0.05, 0.1) is 10.4 Å². The summed E-state index contributed by atoms with van der Waals surface area (Å²) in [6.07, 6.45) is -1.25. The summed E-state index contributed by atoms with van der Waals surface area (Å²) in [5, 5.41) is 10.1. The molecule has 2 aromatic carbocycles. The number of hydrogen-bond donors (Lipinski definition) is 1. The molecule has 0 saturated heterocycles. The molecule has 0 fully saturated rings. The number of aliphatic carboxylic acids is 1. The number of halogens is 2. The minimum absolute atomic E-state index is 0.0722. The number of carbonyl (C=O) groups is 1. The number of carboxylic acid groups (broad SMARTS) is 1. The Balaban J connectivity index is 2.36. The minimum atomic E-state index is -1.25. The van der Waals surface area contributed by atoms with Gasteiger partial charge in [-0.25, -0.2) is 4.79 Å². The van der Waals surface area contributed by atoms with Crippen molar-refractivity contribution in [3.63, 3.8) is 0 Å². The van der Waals surface area contributed by atoms with E-state index in [0.29, 0.717) is 21.2 Å². The van der Waals surface area contributed by atoms with Gasteiger partial charge in [-0.1, -0.05) is 35.3 Å². The van der Waals surface area contributed by atoms with E-state index in [1.54, 1.807) is 37.3 Å². The number of fused-ring (bicyclic) bond motifs is 1. The number of rotatable bonds is 4. The number of hydrogen-bond acceptors (Lipinski definition) is 4. The zero-order chi connectivity index (χ0) is 19.0. The highest BCUT2D eigenvalue weighted by atomic mass is 35.5. The van der Waals surface area contributed by atoms with E-state index in [0.717, 1.165) is 5.56 Å². The van der Waals surface area contributed by atoms with Crippen molar-refractivity contribution >= 4 is 40.1 Å². The second kappa shape index (κ2) is 7.02. The number of benzene rings is 2. The molecule has 5 nitrogen and oxygen atoms in total. The highest BCUT2D eigenvalue weighted by molar-refractivity contribution is 6.33. The lowest BCUT2D eigenvalue weighted by atomic mass is 10.1. The lowest BCUT2D eigenvalue weighted by molar-refractivity contribution is -0.144. The maximum Gasteiger partial charge on any atom is 0.344 e. The highest BCUT2D eigenvalue weighted by Crippen LogP contribution is 2.36. The Morgan fingerprint density at radius 3 is 2.54 bits per heavy atom. The van der Waals surface area contributed by atoms with E-state index in [1.165, 1.54) is 13.0 Å². The Labute approximate surface area is 158 Å². The first-order valence-electron chi connectivity index (χ1n) is 7.71. The van der Waals surface area contributed by atoms with Crippen LogP contribution in [0.3, 0.4) is 0 Å². The molecular formula is C19H14Cl2O5. The molecule has 1 heterocycles. The van der Waals surface area contributed by atoms with E-state index in [-0.39, 0.29) is 16.9 Å². The molecule has 0 aliphatic rings. The standard InChI is InChI=1S/C19H14Cl2O5/c1-9-7-15-12(8-14(9)21)16(22)18(25-10(2)19(23)24)17(26-15)11-5-3-4-6-13(11)20/h3-8,10H,1-2H3,(H,23,24). The Bertz CT molecular complexity index is 1070. The van der Waals surface area contributed by atoms with Crippen LogP contribution in [0.15, 0.2) is 45.6 Å². The SMILES string of the molecule is Cc1cc2oc(-c3ccccc3Cl)c(OC(C)C(=O)O)c(=O)c2cc1Cl. The summed E-state index contributed by atoms with van der Waals surface area (Å²) in [6.45, 7) is 3.11. The summed E-state index contributed by atoms with van der Waals surface area (Å²) in [5.41, 5.74) is 0.951. The van der Waals surface area contributed by atoms with E-state index < -0.39 is 17.5 Å². The quantitative estimate of drug-likeness (QED) is 0.681. The molecule has 1 N–H and O–H groups in total. The van der Waals surface area contributed by atoms with Crippen molar-refractivity contribution < 1.29 is 19.1 Å². The third-order valence-corrected chi connectivity index (χ3v) is 4.63. The highest BCUT2D eigenvalue weighted by Gasteiger charge is 2.24. The molecule has 0 spiro atoms. The molecule has 26 heavy (non-hydrogen) atoms. The van der Waals surface area contributed by atoms with E-state index in [4.69, 9.17) is 37.5 Å². The smallest absolute Gasteiger partial charge is 0.344 e.